The molecule has 0 fully saturated rings. The Morgan fingerprint density at radius 1 is 0.575 bits per heavy atom. The molecule has 1 aliphatic carbocycles. The molecule has 1 heteroatoms. The second kappa shape index (κ2) is 9.10. The van der Waals surface area contributed by atoms with Gasteiger partial charge in [-0.1, -0.05) is 122 Å². The first-order valence-corrected chi connectivity index (χ1v) is 14.1. The van der Waals surface area contributed by atoms with Crippen LogP contribution in [0.5, 0.6) is 0 Å². The molecule has 0 N–H and O–H groups in total. The van der Waals surface area contributed by atoms with E-state index < -0.39 is 0 Å². The first-order valence-electron chi connectivity index (χ1n) is 14.1. The largest absolute Gasteiger partial charge is 0.456 e. The molecule has 1 unspecified atom stereocenters. The fourth-order valence-electron chi connectivity index (χ4n) is 6.65. The van der Waals surface area contributed by atoms with E-state index in [0.29, 0.717) is 5.92 Å². The molecule has 0 amide bonds. The molecule has 0 bridgehead atoms. The number of allylic oxidation sites excluding steroid dienone is 4. The lowest BCUT2D eigenvalue weighted by molar-refractivity contribution is 0.669. The summed E-state index contributed by atoms with van der Waals surface area (Å²) in [5.41, 5.74) is 9.57. The van der Waals surface area contributed by atoms with Crippen molar-refractivity contribution in [1.82, 2.24) is 0 Å². The van der Waals surface area contributed by atoms with Crippen molar-refractivity contribution in [2.45, 2.75) is 13.3 Å². The second-order valence-electron chi connectivity index (χ2n) is 11.0. The summed E-state index contributed by atoms with van der Waals surface area (Å²) in [5.74, 6) is 0.511. The first-order chi connectivity index (χ1) is 19.8. The molecular formula is C39H28O. The molecule has 1 aliphatic rings. The molecular weight excluding hydrogens is 484 g/mol. The van der Waals surface area contributed by atoms with Gasteiger partial charge in [0.2, 0.25) is 0 Å². The van der Waals surface area contributed by atoms with Gasteiger partial charge in [0.1, 0.15) is 11.2 Å². The Hall–Kier alpha value is -4.88. The van der Waals surface area contributed by atoms with Crippen LogP contribution in [0.3, 0.4) is 0 Å². The van der Waals surface area contributed by atoms with Gasteiger partial charge in [-0.3, -0.25) is 0 Å². The maximum absolute atomic E-state index is 6.25. The fraction of sp³-hybridized carbons (Fsp3) is 0.0769. The Morgan fingerprint density at radius 2 is 1.27 bits per heavy atom. The van der Waals surface area contributed by atoms with Gasteiger partial charge in [-0.25, -0.2) is 0 Å². The van der Waals surface area contributed by atoms with E-state index in [0.717, 1.165) is 23.0 Å². The zero-order valence-corrected chi connectivity index (χ0v) is 22.4. The molecule has 1 aromatic heterocycles. The maximum Gasteiger partial charge on any atom is 0.136 e. The van der Waals surface area contributed by atoms with Crippen molar-refractivity contribution in [2.75, 3.05) is 0 Å². The van der Waals surface area contributed by atoms with Crippen molar-refractivity contribution < 1.29 is 4.42 Å². The van der Waals surface area contributed by atoms with E-state index in [9.17, 15) is 0 Å². The van der Waals surface area contributed by atoms with E-state index in [1.54, 1.807) is 0 Å². The van der Waals surface area contributed by atoms with Crippen molar-refractivity contribution in [3.8, 4) is 22.3 Å². The highest BCUT2D eigenvalue weighted by Gasteiger charge is 2.21. The average molecular weight is 513 g/mol. The number of hydrogen-bond acceptors (Lipinski definition) is 1. The van der Waals surface area contributed by atoms with Gasteiger partial charge >= 0.3 is 0 Å². The summed E-state index contributed by atoms with van der Waals surface area (Å²) in [4.78, 5) is 0. The third-order valence-corrected chi connectivity index (χ3v) is 8.40. The van der Waals surface area contributed by atoms with Crippen LogP contribution in [0.4, 0.5) is 0 Å². The summed E-state index contributed by atoms with van der Waals surface area (Å²) in [7, 11) is 0. The zero-order chi connectivity index (χ0) is 26.6. The molecule has 190 valence electrons. The minimum Gasteiger partial charge on any atom is -0.456 e. The lowest BCUT2D eigenvalue weighted by Gasteiger charge is -2.22. The summed E-state index contributed by atoms with van der Waals surface area (Å²) in [6.45, 7) is 2.31. The topological polar surface area (TPSA) is 13.1 Å². The van der Waals surface area contributed by atoms with E-state index >= 15 is 0 Å². The molecule has 0 aliphatic heterocycles. The zero-order valence-electron chi connectivity index (χ0n) is 22.4. The molecule has 0 saturated carbocycles. The normalized spacial score (nSPS) is 15.3. The molecule has 8 rings (SSSR count). The van der Waals surface area contributed by atoms with Crippen LogP contribution in [0.25, 0.3) is 71.3 Å². The van der Waals surface area contributed by atoms with Crippen LogP contribution in [0, 0.1) is 5.92 Å². The van der Waals surface area contributed by atoms with E-state index in [1.165, 1.54) is 60.3 Å². The molecule has 0 saturated heterocycles. The minimum atomic E-state index is 0.511. The number of furan rings is 1. The molecule has 0 spiro atoms. The van der Waals surface area contributed by atoms with E-state index in [4.69, 9.17) is 4.42 Å². The monoisotopic (exact) mass is 512 g/mol. The number of benzene rings is 6. The minimum absolute atomic E-state index is 0.511. The van der Waals surface area contributed by atoms with Crippen LogP contribution in [0.15, 0.2) is 138 Å². The summed E-state index contributed by atoms with van der Waals surface area (Å²) < 4.78 is 6.25. The van der Waals surface area contributed by atoms with Gasteiger partial charge in [-0.2, -0.15) is 0 Å². The van der Waals surface area contributed by atoms with Gasteiger partial charge in [0, 0.05) is 10.8 Å². The molecule has 40 heavy (non-hydrogen) atoms. The van der Waals surface area contributed by atoms with Crippen LogP contribution >= 0.6 is 0 Å². The van der Waals surface area contributed by atoms with Crippen LogP contribution in [0.1, 0.15) is 18.9 Å². The summed E-state index contributed by atoms with van der Waals surface area (Å²) in [6.07, 6.45) is 7.90. The Labute approximate surface area is 233 Å². The molecule has 1 atom stereocenters. The standard InChI is InChI=1S/C39H28O/c1-25-11-9-14-28(23-25)38-31-16-6-5-15-30(31)37(26-12-3-2-4-13-26)32-22-21-27(24-34(32)38)29-18-10-20-36-39(29)33-17-7-8-19-35(33)40-36/h2-22,24-25H,23H2,1H3. The first kappa shape index (κ1) is 23.0. The third kappa shape index (κ3) is 3.55. The van der Waals surface area contributed by atoms with Gasteiger partial charge in [-0.05, 0) is 85.5 Å². The van der Waals surface area contributed by atoms with Gasteiger partial charge < -0.3 is 4.42 Å². The fourth-order valence-corrected chi connectivity index (χ4v) is 6.65. The van der Waals surface area contributed by atoms with Gasteiger partial charge in [0.05, 0.1) is 0 Å². The quantitative estimate of drug-likeness (QED) is 0.215. The van der Waals surface area contributed by atoms with E-state index in [-0.39, 0.29) is 0 Å². The SMILES string of the molecule is CC1C=CC=C(c2c3ccccc3c(-c3ccccc3)c3ccc(-c4cccc5oc6ccccc6c45)cc23)C1. The summed E-state index contributed by atoms with van der Waals surface area (Å²) >= 11 is 0. The van der Waals surface area contributed by atoms with Crippen molar-refractivity contribution >= 4 is 49.1 Å². The molecule has 0 radical (unpaired) electrons. The Bertz CT molecular complexity index is 2140. The molecule has 1 heterocycles. The van der Waals surface area contributed by atoms with Crippen LogP contribution < -0.4 is 0 Å². The number of rotatable bonds is 3. The van der Waals surface area contributed by atoms with Crippen molar-refractivity contribution in [3.63, 3.8) is 0 Å². The van der Waals surface area contributed by atoms with Crippen molar-refractivity contribution in [1.29, 1.82) is 0 Å². The van der Waals surface area contributed by atoms with Gasteiger partial charge in [0.25, 0.3) is 0 Å². The summed E-state index contributed by atoms with van der Waals surface area (Å²) in [5, 5.41) is 7.54. The van der Waals surface area contributed by atoms with Crippen LogP contribution in [-0.2, 0) is 0 Å². The molecule has 6 aromatic carbocycles. The van der Waals surface area contributed by atoms with Crippen molar-refractivity contribution in [2.24, 2.45) is 5.92 Å². The highest BCUT2D eigenvalue weighted by atomic mass is 16.3. The highest BCUT2D eigenvalue weighted by molar-refractivity contribution is 6.20. The van der Waals surface area contributed by atoms with Gasteiger partial charge in [0.15, 0.2) is 0 Å². The smallest absolute Gasteiger partial charge is 0.136 e. The predicted octanol–water partition coefficient (Wildman–Crippen LogP) is 11.2. The lowest BCUT2D eigenvalue weighted by Crippen LogP contribution is -2.00. The van der Waals surface area contributed by atoms with Crippen LogP contribution in [-0.4, -0.2) is 0 Å². The summed E-state index contributed by atoms with van der Waals surface area (Å²) in [6, 6.07) is 41.6. The van der Waals surface area contributed by atoms with E-state index in [2.05, 4.69) is 134 Å². The van der Waals surface area contributed by atoms with Crippen molar-refractivity contribution in [3.05, 3.63) is 139 Å². The Balaban J connectivity index is 1.50. The number of fused-ring (bicyclic) bond motifs is 5. The number of hydrogen-bond donors (Lipinski definition) is 0. The van der Waals surface area contributed by atoms with Gasteiger partial charge in [-0.15, -0.1) is 0 Å². The molecule has 7 aromatic rings. The average Bonchev–Trinajstić information content (AvgIpc) is 3.39. The molecule has 1 nitrogen and oxygen atoms in total. The Morgan fingerprint density at radius 3 is 2.10 bits per heavy atom. The predicted molar refractivity (Wildman–Crippen MR) is 171 cm³/mol. The second-order valence-corrected chi connectivity index (χ2v) is 11.0. The van der Waals surface area contributed by atoms with E-state index in [1.807, 2.05) is 6.07 Å². The van der Waals surface area contributed by atoms with Crippen LogP contribution in [0.2, 0.25) is 0 Å². The third-order valence-electron chi connectivity index (χ3n) is 8.40. The Kier molecular flexibility index (Phi) is 5.24. The lowest BCUT2D eigenvalue weighted by atomic mass is 9.81. The highest BCUT2D eigenvalue weighted by Crippen LogP contribution is 2.45. The maximum atomic E-state index is 6.25. The number of para-hydroxylation sites is 1.